The van der Waals surface area contributed by atoms with Crippen molar-refractivity contribution in [1.82, 2.24) is 24.6 Å². The summed E-state index contributed by atoms with van der Waals surface area (Å²) in [6.07, 6.45) is 7.58. The fourth-order valence-corrected chi connectivity index (χ4v) is 3.88. The molecule has 3 aromatic rings. The summed E-state index contributed by atoms with van der Waals surface area (Å²) in [6.45, 7) is 2.02. The second-order valence-corrected chi connectivity index (χ2v) is 7.56. The first kappa shape index (κ1) is 18.9. The molecular formula is C21H25N5O4. The van der Waals surface area contributed by atoms with Crippen molar-refractivity contribution in [2.75, 3.05) is 26.4 Å². The molecule has 0 spiro atoms. The van der Waals surface area contributed by atoms with Crippen LogP contribution in [-0.2, 0) is 15.9 Å². The lowest BCUT2D eigenvalue weighted by Gasteiger charge is -2.23. The zero-order chi connectivity index (χ0) is 20.3. The van der Waals surface area contributed by atoms with E-state index in [1.165, 1.54) is 0 Å². The number of rotatable bonds is 1. The smallest absolute Gasteiger partial charge is 0.407 e. The predicted octanol–water partition coefficient (Wildman–Crippen LogP) is 2.97. The molecule has 1 amide bonds. The van der Waals surface area contributed by atoms with Crippen LogP contribution in [0.15, 0.2) is 30.7 Å². The van der Waals surface area contributed by atoms with Crippen LogP contribution in [0, 0.1) is 0 Å². The van der Waals surface area contributed by atoms with E-state index in [0.29, 0.717) is 26.0 Å². The third-order valence-electron chi connectivity index (χ3n) is 5.42. The summed E-state index contributed by atoms with van der Waals surface area (Å²) in [4.78, 5) is 16.2. The molecule has 30 heavy (non-hydrogen) atoms. The predicted molar refractivity (Wildman–Crippen MR) is 109 cm³/mol. The number of nitrogens with zero attached hydrogens (tertiary/aromatic N) is 4. The van der Waals surface area contributed by atoms with Crippen LogP contribution in [0.2, 0.25) is 0 Å². The lowest BCUT2D eigenvalue weighted by molar-refractivity contribution is -0.0366. The standard InChI is InChI=1S/C21H25N5O4/c27-21-22-8-3-10-28-16-5-6-18-17(12-16)20(24-26(18)19-4-1-2-9-29-19)25-13-15(23-14-25)7-11-30-21/h5-6,12-14,19H,1-4,7-11H2,(H,22,27). The molecule has 2 aliphatic rings. The minimum atomic E-state index is -0.420. The molecule has 9 heteroatoms. The Kier molecular flexibility index (Phi) is 5.27. The van der Waals surface area contributed by atoms with Gasteiger partial charge in [-0.1, -0.05) is 0 Å². The number of benzene rings is 1. The number of carbonyl (C=O) groups excluding carboxylic acids is 1. The number of aromatic nitrogens is 4. The van der Waals surface area contributed by atoms with Crippen LogP contribution in [0.1, 0.15) is 37.6 Å². The molecule has 4 bridgehead atoms. The molecule has 1 aromatic carbocycles. The van der Waals surface area contributed by atoms with E-state index in [1.807, 2.05) is 33.6 Å². The maximum atomic E-state index is 11.7. The van der Waals surface area contributed by atoms with Gasteiger partial charge in [0.15, 0.2) is 12.0 Å². The Morgan fingerprint density at radius 2 is 2.07 bits per heavy atom. The summed E-state index contributed by atoms with van der Waals surface area (Å²) < 4.78 is 21.0. The van der Waals surface area contributed by atoms with Crippen LogP contribution in [0.4, 0.5) is 4.79 Å². The number of fused-ring (bicyclic) bond motifs is 4. The summed E-state index contributed by atoms with van der Waals surface area (Å²) in [5, 5.41) is 8.62. The molecule has 2 aromatic heterocycles. The molecular weight excluding hydrogens is 386 g/mol. The summed E-state index contributed by atoms with van der Waals surface area (Å²) in [6, 6.07) is 6.01. The van der Waals surface area contributed by atoms with Gasteiger partial charge in [0.2, 0.25) is 0 Å². The largest absolute Gasteiger partial charge is 0.494 e. The highest BCUT2D eigenvalue weighted by Crippen LogP contribution is 2.32. The molecule has 5 rings (SSSR count). The van der Waals surface area contributed by atoms with Crippen molar-refractivity contribution >= 4 is 17.0 Å². The molecule has 1 atom stereocenters. The molecule has 1 saturated heterocycles. The van der Waals surface area contributed by atoms with Gasteiger partial charge in [-0.2, -0.15) is 5.10 Å². The van der Waals surface area contributed by atoms with Crippen LogP contribution in [0.25, 0.3) is 16.7 Å². The van der Waals surface area contributed by atoms with Gasteiger partial charge in [-0.3, -0.25) is 4.57 Å². The quantitative estimate of drug-likeness (QED) is 0.662. The summed E-state index contributed by atoms with van der Waals surface area (Å²) in [5.74, 6) is 1.55. The second kappa shape index (κ2) is 8.35. The number of amides is 1. The molecule has 158 valence electrons. The highest BCUT2D eigenvalue weighted by Gasteiger charge is 2.22. The van der Waals surface area contributed by atoms with Gasteiger partial charge in [-0.15, -0.1) is 0 Å². The Hall–Kier alpha value is -3.07. The lowest BCUT2D eigenvalue weighted by Crippen LogP contribution is -2.27. The maximum absolute atomic E-state index is 11.7. The van der Waals surface area contributed by atoms with E-state index < -0.39 is 6.09 Å². The molecule has 0 saturated carbocycles. The zero-order valence-electron chi connectivity index (χ0n) is 16.7. The van der Waals surface area contributed by atoms with Crippen molar-refractivity contribution in [1.29, 1.82) is 0 Å². The minimum Gasteiger partial charge on any atom is -0.494 e. The van der Waals surface area contributed by atoms with Crippen LogP contribution >= 0.6 is 0 Å². The summed E-state index contributed by atoms with van der Waals surface area (Å²) >= 11 is 0. The van der Waals surface area contributed by atoms with E-state index in [4.69, 9.17) is 19.3 Å². The number of hydrogen-bond donors (Lipinski definition) is 1. The third-order valence-corrected chi connectivity index (χ3v) is 5.42. The number of alkyl carbamates (subject to hydrolysis) is 1. The number of imidazole rings is 1. The fourth-order valence-electron chi connectivity index (χ4n) is 3.88. The molecule has 2 aliphatic heterocycles. The molecule has 9 nitrogen and oxygen atoms in total. The Balaban J connectivity index is 1.55. The first-order valence-corrected chi connectivity index (χ1v) is 10.5. The van der Waals surface area contributed by atoms with Crippen molar-refractivity contribution in [2.24, 2.45) is 0 Å². The Morgan fingerprint density at radius 1 is 1.10 bits per heavy atom. The average molecular weight is 411 g/mol. The van der Waals surface area contributed by atoms with Crippen LogP contribution in [0.3, 0.4) is 0 Å². The minimum absolute atomic E-state index is 0.0654. The number of hydrogen-bond acceptors (Lipinski definition) is 6. The van der Waals surface area contributed by atoms with E-state index in [2.05, 4.69) is 10.3 Å². The van der Waals surface area contributed by atoms with Crippen LogP contribution in [0.5, 0.6) is 5.75 Å². The van der Waals surface area contributed by atoms with E-state index in [1.54, 1.807) is 6.33 Å². The van der Waals surface area contributed by atoms with Gasteiger partial charge in [0.25, 0.3) is 0 Å². The van der Waals surface area contributed by atoms with Crippen molar-refractivity contribution < 1.29 is 19.0 Å². The van der Waals surface area contributed by atoms with Gasteiger partial charge < -0.3 is 19.5 Å². The van der Waals surface area contributed by atoms with Crippen molar-refractivity contribution in [3.05, 3.63) is 36.4 Å². The third kappa shape index (κ3) is 3.85. The summed E-state index contributed by atoms with van der Waals surface area (Å²) in [5.41, 5.74) is 1.84. The van der Waals surface area contributed by atoms with Gasteiger partial charge in [0.1, 0.15) is 12.1 Å². The van der Waals surface area contributed by atoms with Crippen LogP contribution < -0.4 is 10.1 Å². The van der Waals surface area contributed by atoms with E-state index in [-0.39, 0.29) is 12.8 Å². The monoisotopic (exact) mass is 411 g/mol. The molecule has 4 heterocycles. The van der Waals surface area contributed by atoms with Gasteiger partial charge in [-0.25, -0.2) is 14.5 Å². The number of ether oxygens (including phenoxy) is 3. The Bertz CT molecular complexity index is 1040. The number of nitrogens with one attached hydrogen (secondary N) is 1. The maximum Gasteiger partial charge on any atom is 0.407 e. The second-order valence-electron chi connectivity index (χ2n) is 7.56. The number of cyclic esters (lactones) is 1. The van der Waals surface area contributed by atoms with Crippen molar-refractivity contribution in [3.8, 4) is 11.6 Å². The van der Waals surface area contributed by atoms with Gasteiger partial charge in [0, 0.05) is 31.2 Å². The molecule has 1 fully saturated rings. The highest BCUT2D eigenvalue weighted by atomic mass is 16.5. The van der Waals surface area contributed by atoms with E-state index in [9.17, 15) is 4.79 Å². The Morgan fingerprint density at radius 3 is 2.97 bits per heavy atom. The van der Waals surface area contributed by atoms with Crippen LogP contribution in [-0.4, -0.2) is 51.8 Å². The average Bonchev–Trinajstić information content (AvgIpc) is 3.38. The molecule has 0 radical (unpaired) electrons. The Labute approximate surface area is 173 Å². The highest BCUT2D eigenvalue weighted by molar-refractivity contribution is 5.88. The fraction of sp³-hybridized carbons (Fsp3) is 0.476. The first-order chi connectivity index (χ1) is 14.8. The van der Waals surface area contributed by atoms with Gasteiger partial charge in [0.05, 0.1) is 24.4 Å². The molecule has 0 aliphatic carbocycles. The number of carbonyl (C=O) groups is 1. The normalized spacial score (nSPS) is 20.5. The van der Waals surface area contributed by atoms with E-state index >= 15 is 0 Å². The zero-order valence-corrected chi connectivity index (χ0v) is 16.7. The lowest BCUT2D eigenvalue weighted by atomic mass is 10.2. The van der Waals surface area contributed by atoms with Gasteiger partial charge >= 0.3 is 6.09 Å². The summed E-state index contributed by atoms with van der Waals surface area (Å²) in [7, 11) is 0. The first-order valence-electron chi connectivity index (χ1n) is 10.5. The van der Waals surface area contributed by atoms with Crippen molar-refractivity contribution in [2.45, 2.75) is 38.3 Å². The van der Waals surface area contributed by atoms with Gasteiger partial charge in [-0.05, 0) is 43.9 Å². The van der Waals surface area contributed by atoms with E-state index in [0.717, 1.165) is 54.0 Å². The SMILES string of the molecule is O=C1NCCCOc2ccc3c(c2)c(nn3C2CCCCO2)-n2cnc(c2)CCO1. The van der Waals surface area contributed by atoms with Crippen molar-refractivity contribution in [3.63, 3.8) is 0 Å². The topological polar surface area (TPSA) is 92.4 Å². The molecule has 1 N–H and O–H groups in total. The molecule has 1 unspecified atom stereocenters.